The van der Waals surface area contributed by atoms with Gasteiger partial charge in [0.15, 0.2) is 0 Å². The quantitative estimate of drug-likeness (QED) is 0.546. The molecule has 0 unspecified atom stereocenters. The summed E-state index contributed by atoms with van der Waals surface area (Å²) in [5.41, 5.74) is 6.53. The van der Waals surface area contributed by atoms with Gasteiger partial charge in [0.25, 0.3) is 0 Å². The molecule has 0 aliphatic rings. The molecule has 1 aromatic rings. The van der Waals surface area contributed by atoms with E-state index in [0.29, 0.717) is 12.8 Å². The smallest absolute Gasteiger partial charge is 0.323 e. The Morgan fingerprint density at radius 2 is 1.86 bits per heavy atom. The molecule has 0 bridgehead atoms. The number of unbranched alkanes of at least 4 members (excludes halogenated alkanes) is 1. The zero-order valence-corrected chi connectivity index (χ0v) is 13.8. The first kappa shape index (κ1) is 18.4. The Morgan fingerprint density at radius 1 is 1.23 bits per heavy atom. The number of rotatable bonds is 9. The molecular formula is C15H23NO5S. The summed E-state index contributed by atoms with van der Waals surface area (Å²) in [6.07, 6.45) is 1.67. The van der Waals surface area contributed by atoms with Gasteiger partial charge in [-0.1, -0.05) is 25.5 Å². The Morgan fingerprint density at radius 3 is 2.41 bits per heavy atom. The number of esters is 1. The third-order valence-corrected chi connectivity index (χ3v) is 4.17. The number of nitrogens with two attached hydrogens (primary N) is 1. The van der Waals surface area contributed by atoms with E-state index >= 15 is 0 Å². The van der Waals surface area contributed by atoms with Gasteiger partial charge in [0, 0.05) is 0 Å². The van der Waals surface area contributed by atoms with Gasteiger partial charge in [0.2, 0.25) is 0 Å². The first-order valence-electron chi connectivity index (χ1n) is 7.31. The molecule has 0 saturated carbocycles. The molecule has 22 heavy (non-hydrogen) atoms. The zero-order chi connectivity index (χ0) is 16.6. The van der Waals surface area contributed by atoms with Gasteiger partial charge in [-0.05, 0) is 37.5 Å². The topological polar surface area (TPSA) is 95.7 Å². The summed E-state index contributed by atoms with van der Waals surface area (Å²) in [5, 5.41) is 0. The third kappa shape index (κ3) is 6.44. The fraction of sp³-hybridized carbons (Fsp3) is 0.533. The second kappa shape index (κ2) is 8.75. The van der Waals surface area contributed by atoms with Crippen molar-refractivity contribution < 1.29 is 22.1 Å². The van der Waals surface area contributed by atoms with E-state index in [1.807, 2.05) is 6.92 Å². The fourth-order valence-electron chi connectivity index (χ4n) is 1.78. The van der Waals surface area contributed by atoms with Crippen molar-refractivity contribution in [3.8, 4) is 5.75 Å². The van der Waals surface area contributed by atoms with E-state index < -0.39 is 22.1 Å². The van der Waals surface area contributed by atoms with Gasteiger partial charge in [0.05, 0.1) is 12.4 Å². The molecule has 6 nitrogen and oxygen atoms in total. The molecule has 0 aliphatic carbocycles. The van der Waals surface area contributed by atoms with Gasteiger partial charge in [-0.3, -0.25) is 4.79 Å². The maximum atomic E-state index is 11.7. The van der Waals surface area contributed by atoms with Crippen LogP contribution in [0, 0.1) is 0 Å². The van der Waals surface area contributed by atoms with Gasteiger partial charge >= 0.3 is 16.1 Å². The summed E-state index contributed by atoms with van der Waals surface area (Å²) in [6, 6.07) is 5.74. The third-order valence-electron chi connectivity index (χ3n) is 2.94. The Balaban J connectivity index is 2.61. The van der Waals surface area contributed by atoms with E-state index in [2.05, 4.69) is 0 Å². The van der Waals surface area contributed by atoms with Gasteiger partial charge < -0.3 is 14.7 Å². The highest BCUT2D eigenvalue weighted by atomic mass is 32.2. The SMILES string of the molecule is CCCCS(=O)(=O)Oc1ccc(C[C@H](N)C(=O)OCC)cc1. The minimum absolute atomic E-state index is 0.00101. The number of ether oxygens (including phenoxy) is 1. The minimum atomic E-state index is -3.55. The molecule has 0 spiro atoms. The van der Waals surface area contributed by atoms with Crippen LogP contribution in [-0.4, -0.2) is 32.8 Å². The Kier molecular flexibility index (Phi) is 7.34. The summed E-state index contributed by atoms with van der Waals surface area (Å²) in [4.78, 5) is 11.5. The standard InChI is InChI=1S/C15H23NO5S/c1-3-5-10-22(18,19)21-13-8-6-12(7-9-13)11-14(16)15(17)20-4-2/h6-9,14H,3-5,10-11,16H2,1-2H3/t14-/m0/s1. The van der Waals surface area contributed by atoms with Crippen LogP contribution in [0.2, 0.25) is 0 Å². The van der Waals surface area contributed by atoms with Crippen molar-refractivity contribution in [1.82, 2.24) is 0 Å². The van der Waals surface area contributed by atoms with Crippen molar-refractivity contribution in [2.75, 3.05) is 12.4 Å². The van der Waals surface area contributed by atoms with Crippen molar-refractivity contribution in [2.24, 2.45) is 5.73 Å². The van der Waals surface area contributed by atoms with Crippen LogP contribution in [0.4, 0.5) is 0 Å². The maximum Gasteiger partial charge on any atom is 0.323 e. The van der Waals surface area contributed by atoms with E-state index in [-0.39, 0.29) is 18.1 Å². The minimum Gasteiger partial charge on any atom is -0.465 e. The molecule has 1 aromatic carbocycles. The fourth-order valence-corrected chi connectivity index (χ4v) is 2.91. The molecular weight excluding hydrogens is 306 g/mol. The first-order valence-corrected chi connectivity index (χ1v) is 8.89. The second-order valence-electron chi connectivity index (χ2n) is 4.91. The highest BCUT2D eigenvalue weighted by Crippen LogP contribution is 2.16. The van der Waals surface area contributed by atoms with Crippen molar-refractivity contribution in [3.63, 3.8) is 0 Å². The van der Waals surface area contributed by atoms with Crippen molar-refractivity contribution in [2.45, 2.75) is 39.2 Å². The molecule has 0 aromatic heterocycles. The predicted octanol–water partition coefficient (Wildman–Crippen LogP) is 1.63. The molecule has 2 N–H and O–H groups in total. The van der Waals surface area contributed by atoms with E-state index in [1.165, 1.54) is 0 Å². The molecule has 0 heterocycles. The van der Waals surface area contributed by atoms with Crippen LogP contribution in [-0.2, 0) is 26.1 Å². The lowest BCUT2D eigenvalue weighted by Crippen LogP contribution is -2.34. The van der Waals surface area contributed by atoms with Gasteiger partial charge in [-0.25, -0.2) is 0 Å². The Labute approximate surface area is 131 Å². The Bertz CT molecular complexity index is 568. The lowest BCUT2D eigenvalue weighted by molar-refractivity contribution is -0.144. The normalized spacial score (nSPS) is 12.7. The number of carbonyl (C=O) groups is 1. The summed E-state index contributed by atoms with van der Waals surface area (Å²) in [7, 11) is -3.55. The zero-order valence-electron chi connectivity index (χ0n) is 12.9. The average molecular weight is 329 g/mol. The molecule has 124 valence electrons. The monoisotopic (exact) mass is 329 g/mol. The molecule has 0 fully saturated rings. The van der Waals surface area contributed by atoms with Crippen LogP contribution in [0.25, 0.3) is 0 Å². The summed E-state index contributed by atoms with van der Waals surface area (Å²) >= 11 is 0. The molecule has 7 heteroatoms. The van der Waals surface area contributed by atoms with Crippen LogP contribution in [0.3, 0.4) is 0 Å². The molecule has 0 radical (unpaired) electrons. The van der Waals surface area contributed by atoms with E-state index in [0.717, 1.165) is 12.0 Å². The molecule has 0 aliphatic heterocycles. The van der Waals surface area contributed by atoms with Crippen LogP contribution in [0.1, 0.15) is 32.3 Å². The lowest BCUT2D eigenvalue weighted by Gasteiger charge is -2.11. The van der Waals surface area contributed by atoms with Crippen molar-refractivity contribution >= 4 is 16.1 Å². The molecule has 1 rings (SSSR count). The summed E-state index contributed by atoms with van der Waals surface area (Å²) in [5.74, 6) is -0.201. The van der Waals surface area contributed by atoms with Crippen molar-refractivity contribution in [3.05, 3.63) is 29.8 Å². The largest absolute Gasteiger partial charge is 0.465 e. The second-order valence-corrected chi connectivity index (χ2v) is 6.60. The van der Waals surface area contributed by atoms with Crippen LogP contribution in [0.5, 0.6) is 5.75 Å². The highest BCUT2D eigenvalue weighted by molar-refractivity contribution is 7.87. The molecule has 0 saturated heterocycles. The average Bonchev–Trinajstić information content (AvgIpc) is 2.47. The van der Waals surface area contributed by atoms with Crippen LogP contribution < -0.4 is 9.92 Å². The highest BCUT2D eigenvalue weighted by Gasteiger charge is 2.16. The molecule has 0 amide bonds. The number of benzene rings is 1. The first-order chi connectivity index (χ1) is 10.4. The number of carbonyl (C=O) groups excluding carboxylic acids is 1. The van der Waals surface area contributed by atoms with Crippen molar-refractivity contribution in [1.29, 1.82) is 0 Å². The van der Waals surface area contributed by atoms with Crippen LogP contribution in [0.15, 0.2) is 24.3 Å². The summed E-state index contributed by atoms with van der Waals surface area (Å²) < 4.78 is 33.2. The van der Waals surface area contributed by atoms with Gasteiger partial charge in [-0.2, -0.15) is 8.42 Å². The lowest BCUT2D eigenvalue weighted by atomic mass is 10.1. The van der Waals surface area contributed by atoms with E-state index in [9.17, 15) is 13.2 Å². The Hall–Kier alpha value is -1.60. The predicted molar refractivity (Wildman–Crippen MR) is 84.1 cm³/mol. The summed E-state index contributed by atoms with van der Waals surface area (Å²) in [6.45, 7) is 3.92. The van der Waals surface area contributed by atoms with E-state index in [1.54, 1.807) is 31.2 Å². The molecule has 1 atom stereocenters. The van der Waals surface area contributed by atoms with Crippen LogP contribution >= 0.6 is 0 Å². The number of hydrogen-bond acceptors (Lipinski definition) is 6. The van der Waals surface area contributed by atoms with Gasteiger partial charge in [0.1, 0.15) is 11.8 Å². The van der Waals surface area contributed by atoms with E-state index in [4.69, 9.17) is 14.7 Å². The number of hydrogen-bond donors (Lipinski definition) is 1. The van der Waals surface area contributed by atoms with Gasteiger partial charge in [-0.15, -0.1) is 0 Å². The maximum absolute atomic E-state index is 11.7.